The van der Waals surface area contributed by atoms with Crippen LogP contribution in [0.5, 0.6) is 0 Å². The van der Waals surface area contributed by atoms with E-state index in [2.05, 4.69) is 125 Å². The lowest BCUT2D eigenvalue weighted by Gasteiger charge is -2.09. The summed E-state index contributed by atoms with van der Waals surface area (Å²) in [5.74, 6) is 0. The van der Waals surface area contributed by atoms with Gasteiger partial charge in [-0.2, -0.15) is 0 Å². The van der Waals surface area contributed by atoms with E-state index in [0.717, 1.165) is 0 Å². The smallest absolute Gasteiger partial charge is 0.0548 e. The number of hydrogen-bond acceptors (Lipinski definition) is 1. The normalized spacial score (nSPS) is 12.3. The summed E-state index contributed by atoms with van der Waals surface area (Å²) in [6, 6.07) is 42.1. The number of aromatic amines is 1. The van der Waals surface area contributed by atoms with E-state index >= 15 is 0 Å². The molecule has 2 nitrogen and oxygen atoms in total. The average Bonchev–Trinajstić information content (AvgIpc) is 3.61. The van der Waals surface area contributed by atoms with Crippen molar-refractivity contribution >= 4 is 85.9 Å². The maximum absolute atomic E-state index is 3.66. The zero-order valence-corrected chi connectivity index (χ0v) is 20.6. The predicted molar refractivity (Wildman–Crippen MR) is 161 cm³/mol. The van der Waals surface area contributed by atoms with Gasteiger partial charge in [-0.1, -0.05) is 66.7 Å². The molecular formula is C34H20N2S. The Morgan fingerprint density at radius 3 is 2.14 bits per heavy atom. The molecule has 0 radical (unpaired) electrons. The van der Waals surface area contributed by atoms with Gasteiger partial charge in [0.25, 0.3) is 0 Å². The molecular weight excluding hydrogens is 468 g/mol. The van der Waals surface area contributed by atoms with Gasteiger partial charge < -0.3 is 9.55 Å². The highest BCUT2D eigenvalue weighted by atomic mass is 32.1. The highest BCUT2D eigenvalue weighted by molar-refractivity contribution is 7.26. The zero-order chi connectivity index (χ0) is 24.1. The Balaban J connectivity index is 1.52. The first-order valence-corrected chi connectivity index (χ1v) is 13.4. The number of aromatic nitrogens is 2. The number of nitrogens with zero attached hydrogens (tertiary/aromatic N) is 1. The molecule has 3 heterocycles. The molecule has 0 atom stereocenters. The number of hydrogen-bond donors (Lipinski definition) is 1. The number of rotatable bonds is 1. The summed E-state index contributed by atoms with van der Waals surface area (Å²) >= 11 is 1.90. The fourth-order valence-corrected chi connectivity index (χ4v) is 7.46. The summed E-state index contributed by atoms with van der Waals surface area (Å²) in [7, 11) is 0. The maximum Gasteiger partial charge on any atom is 0.0548 e. The van der Waals surface area contributed by atoms with Crippen LogP contribution in [0.15, 0.2) is 115 Å². The number of thiophene rings is 1. The van der Waals surface area contributed by atoms with Crippen molar-refractivity contribution in [2.45, 2.75) is 0 Å². The van der Waals surface area contributed by atoms with E-state index in [1.54, 1.807) is 0 Å². The van der Waals surface area contributed by atoms with Gasteiger partial charge in [0.2, 0.25) is 0 Å². The molecule has 1 N–H and O–H groups in total. The van der Waals surface area contributed by atoms with E-state index in [0.29, 0.717) is 0 Å². The molecule has 0 aliphatic heterocycles. The van der Waals surface area contributed by atoms with Crippen molar-refractivity contribution in [3.8, 4) is 5.69 Å². The second kappa shape index (κ2) is 7.00. The number of para-hydroxylation sites is 2. The van der Waals surface area contributed by atoms with Crippen molar-refractivity contribution in [3.05, 3.63) is 115 Å². The van der Waals surface area contributed by atoms with Gasteiger partial charge in [0.15, 0.2) is 0 Å². The fraction of sp³-hybridized carbons (Fsp3) is 0. The summed E-state index contributed by atoms with van der Waals surface area (Å²) in [5, 5.41) is 10.5. The topological polar surface area (TPSA) is 20.7 Å². The fourth-order valence-electron chi connectivity index (χ4n) is 6.34. The first kappa shape index (κ1) is 19.6. The maximum atomic E-state index is 3.66. The second-order valence-electron chi connectivity index (χ2n) is 9.85. The van der Waals surface area contributed by atoms with Gasteiger partial charge in [-0.25, -0.2) is 0 Å². The molecule has 6 aromatic carbocycles. The average molecular weight is 489 g/mol. The number of H-pyrrole nitrogens is 1. The molecule has 3 aromatic heterocycles. The minimum Gasteiger partial charge on any atom is -0.354 e. The lowest BCUT2D eigenvalue weighted by Crippen LogP contribution is -1.93. The Labute approximate surface area is 216 Å². The van der Waals surface area contributed by atoms with Crippen molar-refractivity contribution in [3.63, 3.8) is 0 Å². The minimum atomic E-state index is 1.19. The van der Waals surface area contributed by atoms with E-state index in [9.17, 15) is 0 Å². The molecule has 0 aliphatic rings. The Morgan fingerprint density at radius 2 is 1.22 bits per heavy atom. The molecule has 37 heavy (non-hydrogen) atoms. The Hall–Kier alpha value is -4.60. The van der Waals surface area contributed by atoms with Crippen LogP contribution in [-0.4, -0.2) is 9.55 Å². The van der Waals surface area contributed by atoms with Crippen molar-refractivity contribution in [1.82, 2.24) is 9.55 Å². The third kappa shape index (κ3) is 2.54. The zero-order valence-electron chi connectivity index (χ0n) is 19.8. The van der Waals surface area contributed by atoms with Gasteiger partial charge in [-0.15, -0.1) is 11.3 Å². The molecule has 0 spiro atoms. The predicted octanol–water partition coefficient (Wildman–Crippen LogP) is 9.94. The minimum absolute atomic E-state index is 1.19. The van der Waals surface area contributed by atoms with Crippen LogP contribution in [-0.2, 0) is 0 Å². The molecule has 0 unspecified atom stereocenters. The summed E-state index contributed by atoms with van der Waals surface area (Å²) in [4.78, 5) is 3.66. The number of fused-ring (bicyclic) bond motifs is 12. The van der Waals surface area contributed by atoms with E-state index in [-0.39, 0.29) is 0 Å². The highest BCUT2D eigenvalue weighted by Crippen LogP contribution is 2.46. The Bertz CT molecular complexity index is 2360. The monoisotopic (exact) mass is 488 g/mol. The van der Waals surface area contributed by atoms with Crippen molar-refractivity contribution in [2.24, 2.45) is 0 Å². The molecule has 0 amide bonds. The lowest BCUT2D eigenvalue weighted by molar-refractivity contribution is 1.19. The molecule has 0 fully saturated rings. The summed E-state index contributed by atoms with van der Waals surface area (Å²) < 4.78 is 5.11. The molecule has 9 rings (SSSR count). The van der Waals surface area contributed by atoms with Gasteiger partial charge in [0, 0.05) is 58.4 Å². The first-order valence-electron chi connectivity index (χ1n) is 12.6. The van der Waals surface area contributed by atoms with Gasteiger partial charge in [0.1, 0.15) is 0 Å². The summed E-state index contributed by atoms with van der Waals surface area (Å²) in [6.07, 6.45) is 0. The van der Waals surface area contributed by atoms with Crippen LogP contribution < -0.4 is 0 Å². The summed E-state index contributed by atoms with van der Waals surface area (Å²) in [6.45, 7) is 0. The molecule has 3 heteroatoms. The van der Waals surface area contributed by atoms with Crippen molar-refractivity contribution < 1.29 is 0 Å². The van der Waals surface area contributed by atoms with E-state index < -0.39 is 0 Å². The molecule has 0 bridgehead atoms. The quantitative estimate of drug-likeness (QED) is 0.237. The Morgan fingerprint density at radius 1 is 0.486 bits per heavy atom. The SMILES string of the molecule is c1ccc2cc(-n3c4ccccc4c4c5c(ccc43)sc3ccc4[nH]c6ccccc6c4c35)ccc2c1. The van der Waals surface area contributed by atoms with Gasteiger partial charge >= 0.3 is 0 Å². The molecule has 0 saturated carbocycles. The lowest BCUT2D eigenvalue weighted by atomic mass is 10.0. The third-order valence-corrected chi connectivity index (χ3v) is 9.01. The standard InChI is InChI=1S/C34H20N2S/c1-2-8-21-19-22(14-13-20(21)7-1)36-27-12-6-4-10-24(27)32-28(36)16-18-30-34(32)33-29(37-30)17-15-26-31(33)23-9-3-5-11-25(23)35-26/h1-19,35H. The van der Waals surface area contributed by atoms with Gasteiger partial charge in [-0.05, 0) is 59.3 Å². The summed E-state index contributed by atoms with van der Waals surface area (Å²) in [5.41, 5.74) is 6.08. The van der Waals surface area contributed by atoms with Crippen LogP contribution in [0.4, 0.5) is 0 Å². The first-order chi connectivity index (χ1) is 18.3. The van der Waals surface area contributed by atoms with Gasteiger partial charge in [0.05, 0.1) is 11.0 Å². The van der Waals surface area contributed by atoms with Crippen LogP contribution in [0.2, 0.25) is 0 Å². The second-order valence-corrected chi connectivity index (χ2v) is 10.9. The highest BCUT2D eigenvalue weighted by Gasteiger charge is 2.20. The van der Waals surface area contributed by atoms with E-state index in [1.165, 1.54) is 80.2 Å². The van der Waals surface area contributed by atoms with Crippen LogP contribution in [0.3, 0.4) is 0 Å². The van der Waals surface area contributed by atoms with Crippen molar-refractivity contribution in [1.29, 1.82) is 0 Å². The largest absolute Gasteiger partial charge is 0.354 e. The van der Waals surface area contributed by atoms with Crippen LogP contribution in [0.1, 0.15) is 0 Å². The molecule has 0 saturated heterocycles. The van der Waals surface area contributed by atoms with E-state index in [1.807, 2.05) is 11.3 Å². The molecule has 9 aromatic rings. The molecule has 0 aliphatic carbocycles. The number of benzene rings is 6. The van der Waals surface area contributed by atoms with Crippen LogP contribution in [0.25, 0.3) is 80.2 Å². The van der Waals surface area contributed by atoms with Gasteiger partial charge in [-0.3, -0.25) is 0 Å². The third-order valence-electron chi connectivity index (χ3n) is 7.89. The van der Waals surface area contributed by atoms with Crippen LogP contribution in [0, 0.1) is 0 Å². The Kier molecular flexibility index (Phi) is 3.70. The van der Waals surface area contributed by atoms with Crippen molar-refractivity contribution in [2.75, 3.05) is 0 Å². The molecule has 172 valence electrons. The van der Waals surface area contributed by atoms with Crippen LogP contribution >= 0.6 is 11.3 Å². The van der Waals surface area contributed by atoms with E-state index in [4.69, 9.17) is 0 Å². The number of nitrogens with one attached hydrogen (secondary N) is 1.